The summed E-state index contributed by atoms with van der Waals surface area (Å²) in [4.78, 5) is 27.0. The van der Waals surface area contributed by atoms with Gasteiger partial charge in [0.05, 0.1) is 24.8 Å². The third-order valence-electron chi connectivity index (χ3n) is 5.32. The lowest BCUT2D eigenvalue weighted by Gasteiger charge is -2.24. The first-order chi connectivity index (χ1) is 13.5. The maximum Gasteiger partial charge on any atom is 0.256 e. The SMILES string of the molecule is Cc1cccc(NC(=O)CNc2ccccc2C(=O)N2CCCC2CO)c1C. The molecular weight excluding hydrogens is 354 g/mol. The smallest absolute Gasteiger partial charge is 0.256 e. The molecule has 2 aromatic carbocycles. The Hall–Kier alpha value is -2.86. The lowest BCUT2D eigenvalue weighted by Crippen LogP contribution is -2.38. The number of amides is 2. The average Bonchev–Trinajstić information content (AvgIpc) is 3.18. The summed E-state index contributed by atoms with van der Waals surface area (Å²) in [5, 5.41) is 15.5. The maximum absolute atomic E-state index is 12.9. The van der Waals surface area contributed by atoms with Crippen molar-refractivity contribution >= 4 is 23.2 Å². The highest BCUT2D eigenvalue weighted by molar-refractivity contribution is 6.01. The molecule has 1 heterocycles. The number of aliphatic hydroxyl groups excluding tert-OH is 1. The first-order valence-corrected chi connectivity index (χ1v) is 9.62. The predicted molar refractivity (Wildman–Crippen MR) is 111 cm³/mol. The van der Waals surface area contributed by atoms with Crippen molar-refractivity contribution in [2.75, 3.05) is 30.3 Å². The highest BCUT2D eigenvalue weighted by atomic mass is 16.3. The van der Waals surface area contributed by atoms with Gasteiger partial charge in [0.1, 0.15) is 0 Å². The first kappa shape index (κ1) is 19.9. The Morgan fingerprint density at radius 1 is 1.11 bits per heavy atom. The molecule has 1 fully saturated rings. The van der Waals surface area contributed by atoms with Crippen LogP contribution < -0.4 is 10.6 Å². The largest absolute Gasteiger partial charge is 0.394 e. The molecule has 0 radical (unpaired) electrons. The number of aliphatic hydroxyl groups is 1. The van der Waals surface area contributed by atoms with E-state index in [4.69, 9.17) is 0 Å². The van der Waals surface area contributed by atoms with E-state index in [2.05, 4.69) is 10.6 Å². The molecule has 0 spiro atoms. The minimum absolute atomic E-state index is 0.0282. The summed E-state index contributed by atoms with van der Waals surface area (Å²) in [7, 11) is 0. The van der Waals surface area contributed by atoms with Crippen LogP contribution in [0, 0.1) is 13.8 Å². The summed E-state index contributed by atoms with van der Waals surface area (Å²) < 4.78 is 0. The second-order valence-corrected chi connectivity index (χ2v) is 7.17. The van der Waals surface area contributed by atoms with Crippen molar-refractivity contribution in [1.29, 1.82) is 0 Å². The molecule has 6 nitrogen and oxygen atoms in total. The molecule has 2 amide bonds. The van der Waals surface area contributed by atoms with Gasteiger partial charge < -0.3 is 20.6 Å². The van der Waals surface area contributed by atoms with Crippen LogP contribution in [0.2, 0.25) is 0 Å². The Bertz CT molecular complexity index is 866. The zero-order valence-electron chi connectivity index (χ0n) is 16.4. The van der Waals surface area contributed by atoms with Crippen molar-refractivity contribution < 1.29 is 14.7 Å². The number of rotatable bonds is 6. The second-order valence-electron chi connectivity index (χ2n) is 7.17. The van der Waals surface area contributed by atoms with Gasteiger partial charge in [-0.1, -0.05) is 24.3 Å². The van der Waals surface area contributed by atoms with E-state index in [-0.39, 0.29) is 31.0 Å². The number of aryl methyl sites for hydroxylation is 1. The van der Waals surface area contributed by atoms with E-state index in [1.807, 2.05) is 38.1 Å². The van der Waals surface area contributed by atoms with Gasteiger partial charge in [0.25, 0.3) is 5.91 Å². The number of anilines is 2. The topological polar surface area (TPSA) is 81.7 Å². The maximum atomic E-state index is 12.9. The fourth-order valence-corrected chi connectivity index (χ4v) is 3.53. The number of carbonyl (C=O) groups excluding carboxylic acids is 2. The lowest BCUT2D eigenvalue weighted by molar-refractivity contribution is -0.114. The van der Waals surface area contributed by atoms with Gasteiger partial charge in [0, 0.05) is 17.9 Å². The molecule has 0 saturated carbocycles. The molecule has 6 heteroatoms. The summed E-state index contributed by atoms with van der Waals surface area (Å²) >= 11 is 0. The third kappa shape index (κ3) is 4.34. The van der Waals surface area contributed by atoms with Gasteiger partial charge in [-0.25, -0.2) is 0 Å². The Morgan fingerprint density at radius 3 is 2.64 bits per heavy atom. The molecule has 3 rings (SSSR count). The van der Waals surface area contributed by atoms with E-state index in [1.165, 1.54) is 0 Å². The summed E-state index contributed by atoms with van der Waals surface area (Å²) in [6, 6.07) is 12.8. The number of para-hydroxylation sites is 1. The van der Waals surface area contributed by atoms with Crippen molar-refractivity contribution in [3.8, 4) is 0 Å². The quantitative estimate of drug-likeness (QED) is 0.719. The molecule has 1 unspecified atom stereocenters. The van der Waals surface area contributed by atoms with E-state index < -0.39 is 0 Å². The Morgan fingerprint density at radius 2 is 1.86 bits per heavy atom. The fourth-order valence-electron chi connectivity index (χ4n) is 3.53. The molecule has 148 valence electrons. The molecular formula is C22H27N3O3. The minimum Gasteiger partial charge on any atom is -0.394 e. The number of hydrogen-bond donors (Lipinski definition) is 3. The molecule has 0 aliphatic carbocycles. The molecule has 1 aliphatic heterocycles. The molecule has 1 saturated heterocycles. The van der Waals surface area contributed by atoms with Gasteiger partial charge in [-0.05, 0) is 56.0 Å². The second kappa shape index (κ2) is 8.89. The molecule has 1 aliphatic rings. The van der Waals surface area contributed by atoms with Crippen LogP contribution >= 0.6 is 0 Å². The van der Waals surface area contributed by atoms with Gasteiger partial charge in [0.15, 0.2) is 0 Å². The molecule has 2 aromatic rings. The van der Waals surface area contributed by atoms with Crippen LogP contribution in [0.4, 0.5) is 11.4 Å². The Balaban J connectivity index is 1.67. The van der Waals surface area contributed by atoms with E-state index in [0.717, 1.165) is 29.7 Å². The standard InChI is InChI=1S/C22H27N3O3/c1-15-7-5-11-19(16(15)2)24-21(27)13-23-20-10-4-3-9-18(20)22(28)25-12-6-8-17(25)14-26/h3-5,7,9-11,17,23,26H,6,8,12-14H2,1-2H3,(H,24,27). The Kier molecular flexibility index (Phi) is 6.31. The van der Waals surface area contributed by atoms with E-state index in [9.17, 15) is 14.7 Å². The van der Waals surface area contributed by atoms with Gasteiger partial charge in [0.2, 0.25) is 5.91 Å². The Labute approximate surface area is 165 Å². The van der Waals surface area contributed by atoms with Crippen LogP contribution in [0.15, 0.2) is 42.5 Å². The van der Waals surface area contributed by atoms with Crippen LogP contribution in [0.25, 0.3) is 0 Å². The minimum atomic E-state index is -0.176. The number of benzene rings is 2. The van der Waals surface area contributed by atoms with Crippen LogP contribution in [-0.2, 0) is 4.79 Å². The number of nitrogens with one attached hydrogen (secondary N) is 2. The van der Waals surface area contributed by atoms with Crippen LogP contribution in [0.1, 0.15) is 34.3 Å². The molecule has 28 heavy (non-hydrogen) atoms. The highest BCUT2D eigenvalue weighted by Gasteiger charge is 2.29. The van der Waals surface area contributed by atoms with Crippen molar-refractivity contribution in [3.05, 3.63) is 59.2 Å². The van der Waals surface area contributed by atoms with Crippen molar-refractivity contribution in [1.82, 2.24) is 4.90 Å². The van der Waals surface area contributed by atoms with Crippen LogP contribution in [-0.4, -0.2) is 47.6 Å². The summed E-state index contributed by atoms with van der Waals surface area (Å²) in [6.45, 7) is 4.65. The number of nitrogens with zero attached hydrogens (tertiary/aromatic N) is 1. The summed E-state index contributed by atoms with van der Waals surface area (Å²) in [5.74, 6) is -0.292. The van der Waals surface area contributed by atoms with Crippen molar-refractivity contribution in [3.63, 3.8) is 0 Å². The summed E-state index contributed by atoms with van der Waals surface area (Å²) in [5.41, 5.74) is 4.08. The normalized spacial score (nSPS) is 16.1. The van der Waals surface area contributed by atoms with E-state index in [1.54, 1.807) is 23.1 Å². The van der Waals surface area contributed by atoms with Gasteiger partial charge in [-0.3, -0.25) is 9.59 Å². The third-order valence-corrected chi connectivity index (χ3v) is 5.32. The monoisotopic (exact) mass is 381 g/mol. The van der Waals surface area contributed by atoms with Gasteiger partial charge in [-0.15, -0.1) is 0 Å². The van der Waals surface area contributed by atoms with E-state index in [0.29, 0.717) is 17.8 Å². The van der Waals surface area contributed by atoms with E-state index >= 15 is 0 Å². The van der Waals surface area contributed by atoms with Crippen LogP contribution in [0.3, 0.4) is 0 Å². The molecule has 3 N–H and O–H groups in total. The predicted octanol–water partition coefficient (Wildman–Crippen LogP) is 2.95. The lowest BCUT2D eigenvalue weighted by atomic mass is 10.1. The number of hydrogen-bond acceptors (Lipinski definition) is 4. The summed E-state index contributed by atoms with van der Waals surface area (Å²) in [6.07, 6.45) is 1.71. The van der Waals surface area contributed by atoms with Crippen molar-refractivity contribution in [2.45, 2.75) is 32.7 Å². The molecule has 1 atom stereocenters. The van der Waals surface area contributed by atoms with Gasteiger partial charge >= 0.3 is 0 Å². The zero-order valence-corrected chi connectivity index (χ0v) is 16.4. The molecule has 0 bridgehead atoms. The fraction of sp³-hybridized carbons (Fsp3) is 0.364. The van der Waals surface area contributed by atoms with Crippen molar-refractivity contribution in [2.24, 2.45) is 0 Å². The number of carbonyl (C=O) groups is 2. The molecule has 0 aromatic heterocycles. The average molecular weight is 381 g/mol. The van der Waals surface area contributed by atoms with Crippen LogP contribution in [0.5, 0.6) is 0 Å². The first-order valence-electron chi connectivity index (χ1n) is 9.62. The van der Waals surface area contributed by atoms with Gasteiger partial charge in [-0.2, -0.15) is 0 Å². The zero-order chi connectivity index (χ0) is 20.1. The number of likely N-dealkylation sites (tertiary alicyclic amines) is 1. The highest BCUT2D eigenvalue weighted by Crippen LogP contribution is 2.24.